The summed E-state index contributed by atoms with van der Waals surface area (Å²) in [6, 6.07) is 8.64. The number of likely N-dealkylation sites (tertiary alicyclic amines) is 1. The summed E-state index contributed by atoms with van der Waals surface area (Å²) in [7, 11) is 0. The summed E-state index contributed by atoms with van der Waals surface area (Å²) in [5.74, 6) is -2.01. The van der Waals surface area contributed by atoms with Gasteiger partial charge in [-0.05, 0) is 18.4 Å². The van der Waals surface area contributed by atoms with Crippen LogP contribution in [0.25, 0.3) is 0 Å². The number of aliphatic hydroxyl groups is 1. The number of carbonyl (C=O) groups excluding carboxylic acids is 1. The SMILES string of the molecule is O=C(CCC(F)(F)F)N1CC[C@H](O)[C@](Cc2ccccc2)(C(=O)O)C1. The van der Waals surface area contributed by atoms with Gasteiger partial charge in [0.2, 0.25) is 5.91 Å². The molecule has 1 aliphatic heterocycles. The molecule has 0 saturated carbocycles. The lowest BCUT2D eigenvalue weighted by molar-refractivity contribution is -0.168. The van der Waals surface area contributed by atoms with Crippen molar-refractivity contribution in [3.63, 3.8) is 0 Å². The lowest BCUT2D eigenvalue weighted by Crippen LogP contribution is -2.58. The Morgan fingerprint density at radius 3 is 2.44 bits per heavy atom. The van der Waals surface area contributed by atoms with Crippen LogP contribution in [0.5, 0.6) is 0 Å². The van der Waals surface area contributed by atoms with Crippen LogP contribution in [0.4, 0.5) is 13.2 Å². The number of piperidine rings is 1. The third-order valence-corrected chi connectivity index (χ3v) is 4.55. The van der Waals surface area contributed by atoms with E-state index >= 15 is 0 Å². The first-order chi connectivity index (χ1) is 11.6. The molecule has 25 heavy (non-hydrogen) atoms. The number of aliphatic hydroxyl groups excluding tert-OH is 1. The highest BCUT2D eigenvalue weighted by Crippen LogP contribution is 2.35. The van der Waals surface area contributed by atoms with E-state index in [2.05, 4.69) is 0 Å². The molecule has 1 amide bonds. The summed E-state index contributed by atoms with van der Waals surface area (Å²) in [6.07, 6.45) is -7.59. The normalized spacial score (nSPS) is 24.2. The van der Waals surface area contributed by atoms with Crippen LogP contribution in [0.2, 0.25) is 0 Å². The Labute approximate surface area is 143 Å². The molecule has 1 aromatic rings. The van der Waals surface area contributed by atoms with Crippen molar-refractivity contribution in [2.24, 2.45) is 5.41 Å². The maximum atomic E-state index is 12.3. The van der Waals surface area contributed by atoms with Crippen LogP contribution in [0.15, 0.2) is 30.3 Å². The molecule has 0 aromatic heterocycles. The summed E-state index contributed by atoms with van der Waals surface area (Å²) >= 11 is 0. The molecular formula is C17H20F3NO4. The van der Waals surface area contributed by atoms with Crippen LogP contribution < -0.4 is 0 Å². The number of amides is 1. The average Bonchev–Trinajstić information content (AvgIpc) is 2.54. The molecule has 0 unspecified atom stereocenters. The molecule has 5 nitrogen and oxygen atoms in total. The molecule has 1 aliphatic rings. The van der Waals surface area contributed by atoms with Crippen molar-refractivity contribution in [1.82, 2.24) is 4.90 Å². The first-order valence-electron chi connectivity index (χ1n) is 7.94. The molecular weight excluding hydrogens is 339 g/mol. The van der Waals surface area contributed by atoms with Gasteiger partial charge in [-0.25, -0.2) is 0 Å². The zero-order valence-corrected chi connectivity index (χ0v) is 13.5. The Morgan fingerprint density at radius 2 is 1.88 bits per heavy atom. The number of hydrogen-bond acceptors (Lipinski definition) is 3. The number of aliphatic carboxylic acids is 1. The largest absolute Gasteiger partial charge is 0.481 e. The van der Waals surface area contributed by atoms with E-state index in [1.807, 2.05) is 0 Å². The molecule has 1 saturated heterocycles. The number of rotatable bonds is 5. The molecule has 2 N–H and O–H groups in total. The van der Waals surface area contributed by atoms with Crippen molar-refractivity contribution in [1.29, 1.82) is 0 Å². The summed E-state index contributed by atoms with van der Waals surface area (Å²) in [5, 5.41) is 20.0. The monoisotopic (exact) mass is 359 g/mol. The highest BCUT2D eigenvalue weighted by Gasteiger charge is 2.50. The van der Waals surface area contributed by atoms with Gasteiger partial charge in [-0.2, -0.15) is 13.2 Å². The minimum absolute atomic E-state index is 0.00656. The fourth-order valence-electron chi connectivity index (χ4n) is 3.12. The maximum Gasteiger partial charge on any atom is 0.389 e. The summed E-state index contributed by atoms with van der Waals surface area (Å²) in [5.41, 5.74) is -0.957. The molecule has 0 bridgehead atoms. The number of hydrogen-bond donors (Lipinski definition) is 2. The van der Waals surface area contributed by atoms with E-state index in [0.717, 1.165) is 4.90 Å². The van der Waals surface area contributed by atoms with Gasteiger partial charge in [0.1, 0.15) is 5.41 Å². The van der Waals surface area contributed by atoms with Crippen LogP contribution in [-0.4, -0.2) is 52.4 Å². The number of alkyl halides is 3. The van der Waals surface area contributed by atoms with Crippen molar-refractivity contribution in [3.05, 3.63) is 35.9 Å². The van der Waals surface area contributed by atoms with Gasteiger partial charge in [0.05, 0.1) is 12.5 Å². The standard InChI is InChI=1S/C17H20F3NO4/c18-17(19,20)8-6-14(23)21-9-7-13(22)16(11-21,15(24)25)10-12-4-2-1-3-5-12/h1-5,13,22H,6-11H2,(H,24,25)/t13-,16+/m0/s1. The second-order valence-corrected chi connectivity index (χ2v) is 6.36. The number of halogens is 3. The van der Waals surface area contributed by atoms with Crippen molar-refractivity contribution in [2.45, 2.75) is 38.0 Å². The number of carboxylic acids is 1. The molecule has 1 fully saturated rings. The van der Waals surface area contributed by atoms with Gasteiger partial charge in [-0.15, -0.1) is 0 Å². The number of benzene rings is 1. The van der Waals surface area contributed by atoms with Crippen molar-refractivity contribution >= 4 is 11.9 Å². The van der Waals surface area contributed by atoms with E-state index < -0.39 is 42.4 Å². The van der Waals surface area contributed by atoms with Gasteiger partial charge < -0.3 is 15.1 Å². The maximum absolute atomic E-state index is 12.3. The fourth-order valence-corrected chi connectivity index (χ4v) is 3.12. The number of nitrogens with zero attached hydrogens (tertiary/aromatic N) is 1. The predicted octanol–water partition coefficient (Wildman–Crippen LogP) is 2.24. The van der Waals surface area contributed by atoms with Crippen LogP contribution in [0, 0.1) is 5.41 Å². The Bertz CT molecular complexity index is 620. The van der Waals surface area contributed by atoms with Gasteiger partial charge in [-0.3, -0.25) is 9.59 Å². The first-order valence-corrected chi connectivity index (χ1v) is 7.94. The average molecular weight is 359 g/mol. The van der Waals surface area contributed by atoms with Crippen LogP contribution >= 0.6 is 0 Å². The molecule has 2 rings (SSSR count). The Hall–Kier alpha value is -2.09. The molecule has 0 spiro atoms. The Balaban J connectivity index is 2.17. The van der Waals surface area contributed by atoms with Gasteiger partial charge in [-0.1, -0.05) is 30.3 Å². The van der Waals surface area contributed by atoms with Crippen molar-refractivity contribution < 1.29 is 33.0 Å². The zero-order chi connectivity index (χ0) is 18.7. The highest BCUT2D eigenvalue weighted by molar-refractivity contribution is 5.80. The summed E-state index contributed by atoms with van der Waals surface area (Å²) in [4.78, 5) is 25.1. The van der Waals surface area contributed by atoms with E-state index in [0.29, 0.717) is 5.56 Å². The van der Waals surface area contributed by atoms with E-state index in [9.17, 15) is 33.0 Å². The smallest absolute Gasteiger partial charge is 0.389 e. The lowest BCUT2D eigenvalue weighted by atomic mass is 9.72. The quantitative estimate of drug-likeness (QED) is 0.845. The first kappa shape index (κ1) is 19.2. The van der Waals surface area contributed by atoms with Crippen molar-refractivity contribution in [3.8, 4) is 0 Å². The molecule has 2 atom stereocenters. The van der Waals surface area contributed by atoms with Crippen molar-refractivity contribution in [2.75, 3.05) is 13.1 Å². The fraction of sp³-hybridized carbons (Fsp3) is 0.529. The number of carboxylic acid groups (broad SMARTS) is 1. The van der Waals surface area contributed by atoms with E-state index in [1.54, 1.807) is 30.3 Å². The number of carbonyl (C=O) groups is 2. The third kappa shape index (κ3) is 4.72. The third-order valence-electron chi connectivity index (χ3n) is 4.55. The van der Waals surface area contributed by atoms with E-state index in [1.165, 1.54) is 0 Å². The molecule has 138 valence electrons. The second kappa shape index (κ2) is 7.43. The molecule has 8 heteroatoms. The van der Waals surface area contributed by atoms with Gasteiger partial charge in [0.25, 0.3) is 0 Å². The topological polar surface area (TPSA) is 77.8 Å². The minimum Gasteiger partial charge on any atom is -0.481 e. The second-order valence-electron chi connectivity index (χ2n) is 6.36. The predicted molar refractivity (Wildman–Crippen MR) is 82.7 cm³/mol. The van der Waals surface area contributed by atoms with Crippen LogP contribution in [0.1, 0.15) is 24.8 Å². The summed E-state index contributed by atoms with van der Waals surface area (Å²) in [6.45, 7) is -0.267. The Morgan fingerprint density at radius 1 is 1.24 bits per heavy atom. The van der Waals surface area contributed by atoms with Gasteiger partial charge in [0.15, 0.2) is 0 Å². The minimum atomic E-state index is -4.45. The molecule has 0 radical (unpaired) electrons. The lowest BCUT2D eigenvalue weighted by Gasteiger charge is -2.43. The van der Waals surface area contributed by atoms with E-state index in [4.69, 9.17) is 0 Å². The molecule has 1 aromatic carbocycles. The molecule has 1 heterocycles. The van der Waals surface area contributed by atoms with Crippen LogP contribution in [-0.2, 0) is 16.0 Å². The van der Waals surface area contributed by atoms with Gasteiger partial charge >= 0.3 is 12.1 Å². The zero-order valence-electron chi connectivity index (χ0n) is 13.5. The van der Waals surface area contributed by atoms with E-state index in [-0.39, 0.29) is 25.9 Å². The van der Waals surface area contributed by atoms with Crippen LogP contribution in [0.3, 0.4) is 0 Å². The Kier molecular flexibility index (Phi) is 5.72. The summed E-state index contributed by atoms with van der Waals surface area (Å²) < 4.78 is 36.9. The highest BCUT2D eigenvalue weighted by atomic mass is 19.4. The van der Waals surface area contributed by atoms with Gasteiger partial charge in [0, 0.05) is 19.5 Å². The molecule has 0 aliphatic carbocycles.